The summed E-state index contributed by atoms with van der Waals surface area (Å²) in [5.74, 6) is 0.130. The summed E-state index contributed by atoms with van der Waals surface area (Å²) in [4.78, 5) is 16.0. The lowest BCUT2D eigenvalue weighted by molar-refractivity contribution is 0.0707. The maximum Gasteiger partial charge on any atom is 0.252 e. The van der Waals surface area contributed by atoms with Gasteiger partial charge in [-0.05, 0) is 50.4 Å². The fraction of sp³-hybridized carbons (Fsp3) is 0.444. The van der Waals surface area contributed by atoms with Crippen molar-refractivity contribution in [2.75, 3.05) is 13.1 Å². The molecule has 0 spiro atoms. The van der Waals surface area contributed by atoms with Crippen LogP contribution in [0.25, 0.3) is 10.8 Å². The number of alkyl halides is 1. The lowest BCUT2D eigenvalue weighted by Gasteiger charge is -2.27. The minimum atomic E-state index is -1.10. The Hall–Kier alpha value is -2.41. The van der Waals surface area contributed by atoms with Crippen molar-refractivity contribution in [3.05, 3.63) is 30.0 Å². The Morgan fingerprint density at radius 2 is 2.24 bits per heavy atom. The van der Waals surface area contributed by atoms with E-state index < -0.39 is 18.2 Å². The quantitative estimate of drug-likeness (QED) is 0.866. The second-order valence-corrected chi connectivity index (χ2v) is 6.38. The number of ether oxygens (including phenoxy) is 2. The van der Waals surface area contributed by atoms with Gasteiger partial charge in [0, 0.05) is 18.1 Å². The summed E-state index contributed by atoms with van der Waals surface area (Å²) in [6, 6.07) is 5.09. The molecule has 1 fully saturated rings. The third-order valence-corrected chi connectivity index (χ3v) is 4.07. The van der Waals surface area contributed by atoms with Crippen LogP contribution in [0.4, 0.5) is 4.39 Å². The van der Waals surface area contributed by atoms with Crippen LogP contribution >= 0.6 is 0 Å². The first-order valence-electron chi connectivity index (χ1n) is 8.36. The highest BCUT2D eigenvalue weighted by molar-refractivity contribution is 6.01. The molecule has 134 valence electrons. The van der Waals surface area contributed by atoms with Crippen molar-refractivity contribution in [1.82, 2.24) is 10.3 Å². The first-order valence-corrected chi connectivity index (χ1v) is 8.36. The molecule has 0 bridgehead atoms. The SMILES string of the molecule is CC(C)Oc1cc2c(OC3CCNC[C@H]3F)nccc2cc1C(N)=O. The van der Waals surface area contributed by atoms with E-state index in [-0.39, 0.29) is 12.6 Å². The first kappa shape index (κ1) is 17.4. The Morgan fingerprint density at radius 1 is 1.44 bits per heavy atom. The van der Waals surface area contributed by atoms with Crippen molar-refractivity contribution in [3.8, 4) is 11.6 Å². The molecule has 1 aliphatic heterocycles. The topological polar surface area (TPSA) is 86.5 Å². The van der Waals surface area contributed by atoms with Crippen molar-refractivity contribution in [2.24, 2.45) is 5.73 Å². The second kappa shape index (κ2) is 7.23. The van der Waals surface area contributed by atoms with Crippen LogP contribution < -0.4 is 20.5 Å². The van der Waals surface area contributed by atoms with Gasteiger partial charge in [-0.2, -0.15) is 0 Å². The number of hydrogen-bond donors (Lipinski definition) is 2. The molecule has 1 unspecified atom stereocenters. The second-order valence-electron chi connectivity index (χ2n) is 6.38. The Morgan fingerprint density at radius 3 is 2.92 bits per heavy atom. The van der Waals surface area contributed by atoms with Crippen molar-refractivity contribution in [3.63, 3.8) is 0 Å². The fourth-order valence-electron chi connectivity index (χ4n) is 2.89. The first-order chi connectivity index (χ1) is 12.0. The van der Waals surface area contributed by atoms with E-state index in [0.717, 1.165) is 5.39 Å². The average Bonchev–Trinajstić information content (AvgIpc) is 2.56. The van der Waals surface area contributed by atoms with Gasteiger partial charge >= 0.3 is 0 Å². The van der Waals surface area contributed by atoms with Crippen molar-refractivity contribution >= 4 is 16.7 Å². The van der Waals surface area contributed by atoms with E-state index in [4.69, 9.17) is 15.2 Å². The summed E-state index contributed by atoms with van der Waals surface area (Å²) in [6.45, 7) is 4.68. The lowest BCUT2D eigenvalue weighted by Crippen LogP contribution is -2.44. The summed E-state index contributed by atoms with van der Waals surface area (Å²) < 4.78 is 25.6. The molecule has 1 aromatic carbocycles. The van der Waals surface area contributed by atoms with E-state index in [9.17, 15) is 9.18 Å². The van der Waals surface area contributed by atoms with Crippen LogP contribution in [0.1, 0.15) is 30.6 Å². The lowest BCUT2D eigenvalue weighted by atomic mass is 10.1. The molecular formula is C18H22FN3O3. The van der Waals surface area contributed by atoms with Crippen molar-refractivity contribution in [2.45, 2.75) is 38.6 Å². The van der Waals surface area contributed by atoms with Gasteiger partial charge in [-0.3, -0.25) is 4.79 Å². The number of nitrogens with zero attached hydrogens (tertiary/aromatic N) is 1. The summed E-state index contributed by atoms with van der Waals surface area (Å²) in [6.07, 6.45) is 0.358. The minimum absolute atomic E-state index is 0.128. The molecule has 25 heavy (non-hydrogen) atoms. The zero-order valence-electron chi connectivity index (χ0n) is 14.3. The summed E-state index contributed by atoms with van der Waals surface area (Å²) in [5, 5.41) is 4.39. The van der Waals surface area contributed by atoms with Gasteiger partial charge in [0.15, 0.2) is 0 Å². The number of piperidine rings is 1. The van der Waals surface area contributed by atoms with Crippen LogP contribution in [0.15, 0.2) is 24.4 Å². The smallest absolute Gasteiger partial charge is 0.252 e. The van der Waals surface area contributed by atoms with Gasteiger partial charge in [0.1, 0.15) is 18.0 Å². The molecule has 1 saturated heterocycles. The summed E-state index contributed by atoms with van der Waals surface area (Å²) in [5.41, 5.74) is 5.76. The largest absolute Gasteiger partial charge is 0.490 e. The number of aromatic nitrogens is 1. The Balaban J connectivity index is 2.02. The van der Waals surface area contributed by atoms with Gasteiger partial charge in [-0.25, -0.2) is 9.37 Å². The van der Waals surface area contributed by atoms with Crippen LogP contribution in [0.3, 0.4) is 0 Å². The summed E-state index contributed by atoms with van der Waals surface area (Å²) >= 11 is 0. The van der Waals surface area contributed by atoms with Gasteiger partial charge < -0.3 is 20.5 Å². The van der Waals surface area contributed by atoms with Crippen LogP contribution in [0.2, 0.25) is 0 Å². The number of halogens is 1. The number of rotatable bonds is 5. The number of hydrogen-bond acceptors (Lipinski definition) is 5. The van der Waals surface area contributed by atoms with Crippen LogP contribution in [0, 0.1) is 0 Å². The predicted molar refractivity (Wildman–Crippen MR) is 92.8 cm³/mol. The maximum absolute atomic E-state index is 14.1. The molecule has 0 saturated carbocycles. The number of nitrogens with one attached hydrogen (secondary N) is 1. The standard InChI is InChI=1S/C18H22FN3O3/c1-10(2)24-16-8-12-11(7-13(16)17(20)23)3-6-22-18(12)25-15-4-5-21-9-14(15)19/h3,6-8,10,14-15,21H,4-5,9H2,1-2H3,(H2,20,23)/t14-,15?/m1/s1. The molecule has 6 nitrogen and oxygen atoms in total. The Bertz CT molecular complexity index is 781. The molecule has 1 aromatic heterocycles. The molecule has 7 heteroatoms. The van der Waals surface area contributed by atoms with E-state index in [1.807, 2.05) is 13.8 Å². The van der Waals surface area contributed by atoms with Gasteiger partial charge in [0.05, 0.1) is 11.7 Å². The van der Waals surface area contributed by atoms with Crippen LogP contribution in [0.5, 0.6) is 11.6 Å². The van der Waals surface area contributed by atoms with Gasteiger partial charge in [-0.15, -0.1) is 0 Å². The van der Waals surface area contributed by atoms with E-state index >= 15 is 0 Å². The van der Waals surface area contributed by atoms with Gasteiger partial charge in [-0.1, -0.05) is 0 Å². The maximum atomic E-state index is 14.1. The zero-order chi connectivity index (χ0) is 18.0. The molecule has 0 radical (unpaired) electrons. The number of amides is 1. The zero-order valence-corrected chi connectivity index (χ0v) is 14.3. The van der Waals surface area contributed by atoms with Gasteiger partial charge in [0.2, 0.25) is 5.88 Å². The van der Waals surface area contributed by atoms with E-state index in [0.29, 0.717) is 35.5 Å². The Labute approximate surface area is 145 Å². The molecule has 3 rings (SSSR count). The van der Waals surface area contributed by atoms with E-state index in [2.05, 4.69) is 10.3 Å². The number of carbonyl (C=O) groups is 1. The van der Waals surface area contributed by atoms with Crippen molar-refractivity contribution < 1.29 is 18.7 Å². The highest BCUT2D eigenvalue weighted by atomic mass is 19.1. The van der Waals surface area contributed by atoms with Gasteiger partial charge in [0.25, 0.3) is 5.91 Å². The molecule has 0 aliphatic carbocycles. The molecular weight excluding hydrogens is 325 g/mol. The Kier molecular flexibility index (Phi) is 5.03. The fourth-order valence-corrected chi connectivity index (χ4v) is 2.89. The van der Waals surface area contributed by atoms with Crippen molar-refractivity contribution in [1.29, 1.82) is 0 Å². The number of nitrogens with two attached hydrogens (primary N) is 1. The van der Waals surface area contributed by atoms with Crippen LogP contribution in [-0.2, 0) is 0 Å². The number of pyridine rings is 1. The predicted octanol–water partition coefficient (Wildman–Crippen LogP) is 2.20. The third-order valence-electron chi connectivity index (χ3n) is 4.07. The number of carbonyl (C=O) groups excluding carboxylic acids is 1. The monoisotopic (exact) mass is 347 g/mol. The molecule has 2 heterocycles. The number of fused-ring (bicyclic) bond motifs is 1. The summed E-state index contributed by atoms with van der Waals surface area (Å²) in [7, 11) is 0. The highest BCUT2D eigenvalue weighted by Gasteiger charge is 2.27. The molecule has 2 atom stereocenters. The normalized spacial score (nSPS) is 20.6. The molecule has 1 aliphatic rings. The number of benzene rings is 1. The third kappa shape index (κ3) is 3.82. The molecule has 2 aromatic rings. The molecule has 3 N–H and O–H groups in total. The average molecular weight is 347 g/mol. The molecule has 1 amide bonds. The van der Waals surface area contributed by atoms with E-state index in [1.54, 1.807) is 24.4 Å². The minimum Gasteiger partial charge on any atom is -0.490 e. The number of primary amides is 1. The van der Waals surface area contributed by atoms with E-state index in [1.165, 1.54) is 0 Å². The highest BCUT2D eigenvalue weighted by Crippen LogP contribution is 2.32. The van der Waals surface area contributed by atoms with Crippen LogP contribution in [-0.4, -0.2) is 42.4 Å².